The molecule has 3 heterocycles. The molecular weight excluding hydrogens is 366 g/mol. The van der Waals surface area contributed by atoms with Gasteiger partial charge in [-0.2, -0.15) is 0 Å². The fourth-order valence-electron chi connectivity index (χ4n) is 3.81. The highest BCUT2D eigenvalue weighted by Crippen LogP contribution is 2.25. The SMILES string of the molecule is CCCC(NC(=O)N1CCCC(C(=O)O)C1)C(=O)N1CCc2sccc2C1. The number of nitrogens with zero attached hydrogens (tertiary/aromatic N) is 2. The molecule has 148 valence electrons. The lowest BCUT2D eigenvalue weighted by molar-refractivity contribution is -0.143. The van der Waals surface area contributed by atoms with E-state index in [1.165, 1.54) is 15.3 Å². The van der Waals surface area contributed by atoms with Gasteiger partial charge in [0, 0.05) is 31.1 Å². The highest BCUT2D eigenvalue weighted by Gasteiger charge is 2.32. The van der Waals surface area contributed by atoms with Crippen molar-refractivity contribution in [2.75, 3.05) is 19.6 Å². The van der Waals surface area contributed by atoms with Gasteiger partial charge < -0.3 is 20.2 Å². The van der Waals surface area contributed by atoms with Crippen molar-refractivity contribution in [1.82, 2.24) is 15.1 Å². The number of carbonyl (C=O) groups excluding carboxylic acids is 2. The van der Waals surface area contributed by atoms with Crippen LogP contribution in [0.2, 0.25) is 0 Å². The number of carboxylic acids is 1. The summed E-state index contributed by atoms with van der Waals surface area (Å²) in [6.45, 7) is 3.99. The van der Waals surface area contributed by atoms with Crippen molar-refractivity contribution < 1.29 is 19.5 Å². The fourth-order valence-corrected chi connectivity index (χ4v) is 4.70. The molecule has 8 heteroatoms. The Morgan fingerprint density at radius 2 is 2.15 bits per heavy atom. The van der Waals surface area contributed by atoms with Gasteiger partial charge in [0.2, 0.25) is 5.91 Å². The Morgan fingerprint density at radius 1 is 1.33 bits per heavy atom. The van der Waals surface area contributed by atoms with Crippen LogP contribution in [0.15, 0.2) is 11.4 Å². The minimum absolute atomic E-state index is 0.0474. The van der Waals surface area contributed by atoms with Crippen LogP contribution in [-0.2, 0) is 22.6 Å². The van der Waals surface area contributed by atoms with E-state index in [4.69, 9.17) is 0 Å². The van der Waals surface area contributed by atoms with Crippen LogP contribution in [0.4, 0.5) is 4.79 Å². The summed E-state index contributed by atoms with van der Waals surface area (Å²) < 4.78 is 0. The summed E-state index contributed by atoms with van der Waals surface area (Å²) in [6.07, 6.45) is 3.48. The summed E-state index contributed by atoms with van der Waals surface area (Å²) in [5.74, 6) is -1.44. The van der Waals surface area contributed by atoms with Gasteiger partial charge in [-0.25, -0.2) is 4.79 Å². The molecule has 0 saturated carbocycles. The van der Waals surface area contributed by atoms with E-state index in [0.717, 1.165) is 12.8 Å². The number of thiophene rings is 1. The zero-order chi connectivity index (χ0) is 19.4. The van der Waals surface area contributed by atoms with Gasteiger partial charge in [-0.1, -0.05) is 13.3 Å². The first-order valence-electron chi connectivity index (χ1n) is 9.61. The second kappa shape index (κ2) is 8.73. The van der Waals surface area contributed by atoms with Crippen LogP contribution in [0.5, 0.6) is 0 Å². The van der Waals surface area contributed by atoms with Gasteiger partial charge in [-0.05, 0) is 42.7 Å². The second-order valence-corrected chi connectivity index (χ2v) is 8.29. The highest BCUT2D eigenvalue weighted by molar-refractivity contribution is 7.10. The predicted octanol–water partition coefficient (Wildman–Crippen LogP) is 2.31. The lowest BCUT2D eigenvalue weighted by Crippen LogP contribution is -2.54. The van der Waals surface area contributed by atoms with E-state index >= 15 is 0 Å². The smallest absolute Gasteiger partial charge is 0.318 e. The number of carboxylic acid groups (broad SMARTS) is 1. The largest absolute Gasteiger partial charge is 0.481 e. The number of likely N-dealkylation sites (tertiary alicyclic amines) is 1. The van der Waals surface area contributed by atoms with Gasteiger partial charge in [-0.15, -0.1) is 11.3 Å². The summed E-state index contributed by atoms with van der Waals surface area (Å²) in [4.78, 5) is 41.6. The maximum absolute atomic E-state index is 13.0. The molecule has 27 heavy (non-hydrogen) atoms. The predicted molar refractivity (Wildman–Crippen MR) is 103 cm³/mol. The molecule has 3 rings (SSSR count). The van der Waals surface area contributed by atoms with E-state index in [9.17, 15) is 19.5 Å². The lowest BCUT2D eigenvalue weighted by atomic mass is 9.98. The molecule has 0 bridgehead atoms. The molecule has 1 aromatic heterocycles. The Balaban J connectivity index is 1.62. The van der Waals surface area contributed by atoms with E-state index in [0.29, 0.717) is 38.9 Å². The molecule has 3 amide bonds. The Morgan fingerprint density at radius 3 is 2.89 bits per heavy atom. The zero-order valence-corrected chi connectivity index (χ0v) is 16.5. The van der Waals surface area contributed by atoms with Gasteiger partial charge in [0.1, 0.15) is 6.04 Å². The van der Waals surface area contributed by atoms with E-state index in [1.807, 2.05) is 11.8 Å². The van der Waals surface area contributed by atoms with Gasteiger partial charge in [-0.3, -0.25) is 9.59 Å². The van der Waals surface area contributed by atoms with Crippen molar-refractivity contribution in [3.8, 4) is 0 Å². The van der Waals surface area contributed by atoms with Crippen LogP contribution in [0.1, 0.15) is 43.0 Å². The number of fused-ring (bicyclic) bond motifs is 1. The number of nitrogens with one attached hydrogen (secondary N) is 1. The average Bonchev–Trinajstić information content (AvgIpc) is 3.14. The molecule has 7 nitrogen and oxygen atoms in total. The number of carbonyl (C=O) groups is 3. The van der Waals surface area contributed by atoms with Crippen LogP contribution in [0, 0.1) is 5.92 Å². The van der Waals surface area contributed by atoms with E-state index < -0.39 is 17.9 Å². The molecule has 0 spiro atoms. The van der Waals surface area contributed by atoms with E-state index in [1.54, 1.807) is 11.3 Å². The fraction of sp³-hybridized carbons (Fsp3) is 0.632. The molecule has 0 aromatic carbocycles. The van der Waals surface area contributed by atoms with Crippen molar-refractivity contribution >= 4 is 29.2 Å². The average molecular weight is 394 g/mol. The van der Waals surface area contributed by atoms with Crippen molar-refractivity contribution in [2.24, 2.45) is 5.92 Å². The van der Waals surface area contributed by atoms with Crippen LogP contribution in [0.3, 0.4) is 0 Å². The van der Waals surface area contributed by atoms with Crippen LogP contribution >= 0.6 is 11.3 Å². The Hall–Kier alpha value is -2.09. The standard InChI is InChI=1S/C19H27N3O4S/c1-2-4-15(17(23)21-9-6-16-13(11-21)7-10-27-16)20-19(26)22-8-3-5-14(12-22)18(24)25/h7,10,14-15H,2-6,8-9,11-12H2,1H3,(H,20,26)(H,24,25). The summed E-state index contributed by atoms with van der Waals surface area (Å²) in [7, 11) is 0. The van der Waals surface area contributed by atoms with Gasteiger partial charge >= 0.3 is 12.0 Å². The summed E-state index contributed by atoms with van der Waals surface area (Å²) in [6, 6.07) is 1.17. The number of rotatable bonds is 5. The first-order valence-corrected chi connectivity index (χ1v) is 10.5. The summed E-state index contributed by atoms with van der Waals surface area (Å²) in [5.41, 5.74) is 1.20. The molecule has 2 unspecified atom stereocenters. The first kappa shape index (κ1) is 19.7. The van der Waals surface area contributed by atoms with Crippen molar-refractivity contribution in [1.29, 1.82) is 0 Å². The highest BCUT2D eigenvalue weighted by atomic mass is 32.1. The third-order valence-corrected chi connectivity index (χ3v) is 6.37. The molecule has 1 aromatic rings. The quantitative estimate of drug-likeness (QED) is 0.803. The van der Waals surface area contributed by atoms with Crippen molar-refractivity contribution in [3.63, 3.8) is 0 Å². The maximum Gasteiger partial charge on any atom is 0.318 e. The number of aliphatic carboxylic acids is 1. The third-order valence-electron chi connectivity index (χ3n) is 5.35. The molecular formula is C19H27N3O4S. The minimum atomic E-state index is -0.867. The van der Waals surface area contributed by atoms with E-state index in [-0.39, 0.29) is 18.5 Å². The Labute approximate surface area is 163 Å². The number of hydrogen-bond acceptors (Lipinski definition) is 4. The Bertz CT molecular complexity index is 705. The zero-order valence-electron chi connectivity index (χ0n) is 15.6. The molecule has 0 radical (unpaired) electrons. The topological polar surface area (TPSA) is 90.0 Å². The summed E-state index contributed by atoms with van der Waals surface area (Å²) in [5, 5.41) is 14.1. The number of hydrogen-bond donors (Lipinski definition) is 2. The van der Waals surface area contributed by atoms with Gasteiger partial charge in [0.25, 0.3) is 0 Å². The number of urea groups is 1. The maximum atomic E-state index is 13.0. The number of piperidine rings is 1. The molecule has 2 atom stereocenters. The van der Waals surface area contributed by atoms with Gasteiger partial charge in [0.15, 0.2) is 0 Å². The Kier molecular flexibility index (Phi) is 6.36. The second-order valence-electron chi connectivity index (χ2n) is 7.29. The third kappa shape index (κ3) is 4.61. The normalized spacial score (nSPS) is 20.7. The lowest BCUT2D eigenvalue weighted by Gasteiger charge is -2.34. The first-order chi connectivity index (χ1) is 13.0. The molecule has 1 fully saturated rings. The molecule has 2 aliphatic heterocycles. The molecule has 2 N–H and O–H groups in total. The summed E-state index contributed by atoms with van der Waals surface area (Å²) >= 11 is 1.73. The molecule has 2 aliphatic rings. The van der Waals surface area contributed by atoms with Crippen molar-refractivity contribution in [2.45, 2.75) is 51.6 Å². The van der Waals surface area contributed by atoms with Crippen LogP contribution < -0.4 is 5.32 Å². The minimum Gasteiger partial charge on any atom is -0.481 e. The molecule has 0 aliphatic carbocycles. The molecule has 1 saturated heterocycles. The van der Waals surface area contributed by atoms with Crippen LogP contribution in [0.25, 0.3) is 0 Å². The van der Waals surface area contributed by atoms with E-state index in [2.05, 4.69) is 16.8 Å². The van der Waals surface area contributed by atoms with Gasteiger partial charge in [0.05, 0.1) is 5.92 Å². The number of amides is 3. The monoisotopic (exact) mass is 393 g/mol. The van der Waals surface area contributed by atoms with Crippen molar-refractivity contribution in [3.05, 3.63) is 21.9 Å². The van der Waals surface area contributed by atoms with Crippen LogP contribution in [-0.4, -0.2) is 58.5 Å².